The maximum Gasteiger partial charge on any atom is 0.305 e. The van der Waals surface area contributed by atoms with Gasteiger partial charge < -0.3 is 0 Å². The van der Waals surface area contributed by atoms with Crippen molar-refractivity contribution in [2.24, 2.45) is 11.8 Å². The molecule has 1 saturated carbocycles. The van der Waals surface area contributed by atoms with Crippen LogP contribution >= 0.6 is 0 Å². The summed E-state index contributed by atoms with van der Waals surface area (Å²) >= 11 is 0. The molecule has 3 aliphatic rings. The minimum atomic E-state index is -4.31. The normalized spacial score (nSPS) is 40.2. The average Bonchev–Trinajstić information content (AvgIpc) is 2.05. The van der Waals surface area contributed by atoms with Crippen molar-refractivity contribution in [3.63, 3.8) is 0 Å². The Morgan fingerprint density at radius 3 is 2.25 bits per heavy atom. The SMILES string of the molecule is O=S(=O)(F)[C@H]1C[C@@H]2C=C[C@H]1CC2. The maximum atomic E-state index is 12.7. The first-order valence-electron chi connectivity index (χ1n) is 4.19. The quantitative estimate of drug-likeness (QED) is 0.465. The zero-order valence-corrected chi connectivity index (χ0v) is 7.43. The van der Waals surface area contributed by atoms with Crippen LogP contribution < -0.4 is 0 Å². The lowest BCUT2D eigenvalue weighted by atomic mass is 9.76. The van der Waals surface area contributed by atoms with Crippen LogP contribution in [0.3, 0.4) is 0 Å². The highest BCUT2D eigenvalue weighted by Gasteiger charge is 2.39. The van der Waals surface area contributed by atoms with Crippen LogP contribution in [0.5, 0.6) is 0 Å². The standard InChI is InChI=1S/C8H11FO2S/c9-12(10,11)8-5-6-1-3-7(8)4-2-6/h1,3,6-8H,2,4-5H2/t6-,7+,8+/m1/s1. The molecule has 0 saturated heterocycles. The van der Waals surface area contributed by atoms with Crippen molar-refractivity contribution in [2.45, 2.75) is 24.5 Å². The van der Waals surface area contributed by atoms with E-state index in [0.29, 0.717) is 12.3 Å². The van der Waals surface area contributed by atoms with Gasteiger partial charge in [-0.25, -0.2) is 0 Å². The molecule has 1 fully saturated rings. The van der Waals surface area contributed by atoms with Gasteiger partial charge in [-0.05, 0) is 31.1 Å². The van der Waals surface area contributed by atoms with E-state index in [9.17, 15) is 12.3 Å². The predicted octanol–water partition coefficient (Wildman–Crippen LogP) is 1.64. The summed E-state index contributed by atoms with van der Waals surface area (Å²) in [7, 11) is -4.31. The first kappa shape index (κ1) is 8.23. The van der Waals surface area contributed by atoms with Gasteiger partial charge in [-0.2, -0.15) is 8.42 Å². The highest BCUT2D eigenvalue weighted by molar-refractivity contribution is 7.87. The summed E-state index contributed by atoms with van der Waals surface area (Å²) in [5, 5.41) is -0.749. The summed E-state index contributed by atoms with van der Waals surface area (Å²) in [6.45, 7) is 0. The molecule has 3 atom stereocenters. The van der Waals surface area contributed by atoms with Crippen LogP contribution in [0, 0.1) is 11.8 Å². The third-order valence-corrected chi connectivity index (χ3v) is 4.14. The molecule has 3 rings (SSSR count). The first-order chi connectivity index (χ1) is 5.57. The van der Waals surface area contributed by atoms with Gasteiger partial charge in [-0.15, -0.1) is 3.89 Å². The Balaban J connectivity index is 2.28. The first-order valence-corrected chi connectivity index (χ1v) is 5.64. The minimum absolute atomic E-state index is 0.0648. The van der Waals surface area contributed by atoms with Crippen LogP contribution in [-0.4, -0.2) is 13.7 Å². The molecule has 0 aromatic heterocycles. The topological polar surface area (TPSA) is 34.1 Å². The lowest BCUT2D eigenvalue weighted by Gasteiger charge is -2.35. The Morgan fingerprint density at radius 1 is 1.25 bits per heavy atom. The van der Waals surface area contributed by atoms with Gasteiger partial charge in [-0.1, -0.05) is 12.2 Å². The number of hydrogen-bond donors (Lipinski definition) is 0. The van der Waals surface area contributed by atoms with Gasteiger partial charge in [0.15, 0.2) is 0 Å². The van der Waals surface area contributed by atoms with Crippen LogP contribution in [0.1, 0.15) is 19.3 Å². The molecule has 0 unspecified atom stereocenters. The molecule has 2 nitrogen and oxygen atoms in total. The van der Waals surface area contributed by atoms with Crippen molar-refractivity contribution in [1.29, 1.82) is 0 Å². The van der Waals surface area contributed by atoms with Crippen LogP contribution in [0.25, 0.3) is 0 Å². The molecule has 0 amide bonds. The molecule has 0 heterocycles. The number of fused-ring (bicyclic) bond motifs is 2. The monoisotopic (exact) mass is 190 g/mol. The fourth-order valence-corrected chi connectivity index (χ4v) is 3.32. The highest BCUT2D eigenvalue weighted by Crippen LogP contribution is 2.39. The lowest BCUT2D eigenvalue weighted by molar-refractivity contribution is 0.322. The molecule has 12 heavy (non-hydrogen) atoms. The highest BCUT2D eigenvalue weighted by atomic mass is 32.3. The fourth-order valence-electron chi connectivity index (χ4n) is 2.20. The molecule has 0 aliphatic heterocycles. The van der Waals surface area contributed by atoms with E-state index in [1.165, 1.54) is 0 Å². The molecule has 0 spiro atoms. The predicted molar refractivity (Wildman–Crippen MR) is 43.8 cm³/mol. The summed E-state index contributed by atoms with van der Waals surface area (Å²) in [5.41, 5.74) is 0. The zero-order valence-electron chi connectivity index (χ0n) is 6.61. The van der Waals surface area contributed by atoms with Gasteiger partial charge >= 0.3 is 10.2 Å². The molecule has 0 radical (unpaired) electrons. The average molecular weight is 190 g/mol. The summed E-state index contributed by atoms with van der Waals surface area (Å²) in [5.74, 6) is 0.232. The zero-order chi connectivity index (χ0) is 8.77. The lowest BCUT2D eigenvalue weighted by Crippen LogP contribution is -2.35. The number of hydrogen-bond acceptors (Lipinski definition) is 2. The molecule has 0 aromatic carbocycles. The van der Waals surface area contributed by atoms with Crippen LogP contribution in [0.2, 0.25) is 0 Å². The maximum absolute atomic E-state index is 12.7. The van der Waals surface area contributed by atoms with E-state index in [1.54, 1.807) is 0 Å². The Kier molecular flexibility index (Phi) is 1.75. The van der Waals surface area contributed by atoms with Crippen molar-refractivity contribution in [3.8, 4) is 0 Å². The second-order valence-corrected chi connectivity index (χ2v) is 5.19. The summed E-state index contributed by atoms with van der Waals surface area (Å²) in [6, 6.07) is 0. The minimum Gasteiger partial charge on any atom is -0.195 e. The van der Waals surface area contributed by atoms with E-state index in [4.69, 9.17) is 0 Å². The van der Waals surface area contributed by atoms with E-state index in [2.05, 4.69) is 0 Å². The summed E-state index contributed by atoms with van der Waals surface area (Å²) in [4.78, 5) is 0. The smallest absolute Gasteiger partial charge is 0.195 e. The molecule has 4 heteroatoms. The Morgan fingerprint density at radius 2 is 2.00 bits per heavy atom. The number of rotatable bonds is 1. The molecule has 3 aliphatic carbocycles. The molecule has 68 valence electrons. The van der Waals surface area contributed by atoms with Gasteiger partial charge in [0.2, 0.25) is 0 Å². The van der Waals surface area contributed by atoms with E-state index < -0.39 is 15.5 Å². The van der Waals surface area contributed by atoms with Crippen molar-refractivity contribution in [3.05, 3.63) is 12.2 Å². The van der Waals surface area contributed by atoms with Crippen molar-refractivity contribution >= 4 is 10.2 Å². The molecular weight excluding hydrogens is 179 g/mol. The van der Waals surface area contributed by atoms with E-state index in [-0.39, 0.29) is 5.92 Å². The number of halogens is 1. The molecule has 0 N–H and O–H groups in total. The molecule has 0 aromatic rings. The van der Waals surface area contributed by atoms with E-state index in [1.807, 2.05) is 12.2 Å². The van der Waals surface area contributed by atoms with Crippen molar-refractivity contribution in [1.82, 2.24) is 0 Å². The second kappa shape index (κ2) is 2.55. The number of allylic oxidation sites excluding steroid dienone is 2. The fraction of sp³-hybridized carbons (Fsp3) is 0.750. The van der Waals surface area contributed by atoms with Crippen LogP contribution in [0.4, 0.5) is 3.89 Å². The molecular formula is C8H11FO2S. The third kappa shape index (κ3) is 1.28. The van der Waals surface area contributed by atoms with Gasteiger partial charge in [0.1, 0.15) is 0 Å². The Bertz CT molecular complexity index is 307. The van der Waals surface area contributed by atoms with Crippen molar-refractivity contribution < 1.29 is 12.3 Å². The Labute approximate surface area is 71.7 Å². The largest absolute Gasteiger partial charge is 0.305 e. The summed E-state index contributed by atoms with van der Waals surface area (Å²) in [6.07, 6.45) is 6.22. The van der Waals surface area contributed by atoms with Gasteiger partial charge in [0, 0.05) is 0 Å². The van der Waals surface area contributed by atoms with E-state index >= 15 is 0 Å². The second-order valence-electron chi connectivity index (χ2n) is 3.64. The van der Waals surface area contributed by atoms with Crippen molar-refractivity contribution in [2.75, 3.05) is 0 Å². The van der Waals surface area contributed by atoms with Crippen LogP contribution in [-0.2, 0) is 10.2 Å². The third-order valence-electron chi connectivity index (χ3n) is 2.88. The van der Waals surface area contributed by atoms with Gasteiger partial charge in [0.05, 0.1) is 5.25 Å². The van der Waals surface area contributed by atoms with Gasteiger partial charge in [-0.3, -0.25) is 0 Å². The Hall–Kier alpha value is -0.380. The summed E-state index contributed by atoms with van der Waals surface area (Å²) < 4.78 is 34.0. The van der Waals surface area contributed by atoms with Crippen LogP contribution in [0.15, 0.2) is 12.2 Å². The van der Waals surface area contributed by atoms with Gasteiger partial charge in [0.25, 0.3) is 0 Å². The molecule has 2 bridgehead atoms. The van der Waals surface area contributed by atoms with E-state index in [0.717, 1.165) is 12.8 Å².